The molecule has 4 bridgehead atoms. The van der Waals surface area contributed by atoms with Gasteiger partial charge in [-0.25, -0.2) is 9.97 Å². The number of amides is 18. The molecule has 7 aromatic rings. The standard InChI is InChI=1S/C99H132BrN23O20S/c1-11-13-23-77-92(136)111-68(36-53(3)4)89(133)117-75(87(131)106-46-82(102)127)50-144-51-84(129)109-71(38-56-27-30-60(124)31-28-56)95(139)118(8)55(7)86(130)113-73(43-81(101)126)97(141)122-35-19-26-78(122)93(137)116-74(45-105-85-64-41-59(100)29-32-66(64)107-52-108-85)91(135)114-70(37-54(5)6)98(142)123-48-61(125)42-80(123)94(138)112-69(39-57-44-104-65-22-17-15-20-62(57)65)90(134)110-67-33-34-103-83(128)49-121-47-58(63-21-16-18-25-76(63)121)40-72(115-88(67)132)96(140)120(10)79(24-14-12-2)99(143)119(77)9/h15-18,20-22,25,27-32,41,44,47,52-55,61,67-75,77-80,104,124-125H,11-14,19,23-24,26,33-40,42-43,45-46,48-51H2,1-10H3,(H2,101,126)(H2,102,127)(H,103,128)(H,106,131)(H,109,129)(H,110,134)(H,111,136)(H,112,138)(H,113,130)(H,114,135)(H,115,132)(H,116,137)(H,117,133)(H,105,107,108)/t55-,61+,67-,68-,69-,70-,71-,72-,73-,74-,75-,77-,78-,79-,80-/m0/s1. The van der Waals surface area contributed by atoms with Crippen LogP contribution in [0.15, 0.2) is 114 Å². The fourth-order valence-corrected chi connectivity index (χ4v) is 19.6. The molecule has 43 nitrogen and oxygen atoms in total. The van der Waals surface area contributed by atoms with E-state index in [4.69, 9.17) is 11.5 Å². The Morgan fingerprint density at radius 2 is 1.21 bits per heavy atom. The number of nitrogens with two attached hydrogens (primary N) is 2. The van der Waals surface area contributed by atoms with Crippen molar-refractivity contribution >= 4 is 173 Å². The number of aromatic amines is 1. The number of phenols is 1. The van der Waals surface area contributed by atoms with Gasteiger partial charge in [-0.2, -0.15) is 0 Å². The molecule has 3 aromatic heterocycles. The molecular formula is C99H132BrN23O20S. The molecular weight excluding hydrogens is 1940 g/mol. The molecule has 776 valence electrons. The van der Waals surface area contributed by atoms with Gasteiger partial charge in [0.15, 0.2) is 0 Å². The molecule has 0 radical (unpaired) electrons. The predicted molar refractivity (Wildman–Crippen MR) is 538 cm³/mol. The number of phenolic OH excluding ortho intramolecular Hbond substituents is 1. The first-order valence-corrected chi connectivity index (χ1v) is 50.6. The molecule has 144 heavy (non-hydrogen) atoms. The van der Waals surface area contributed by atoms with Crippen molar-refractivity contribution in [3.63, 3.8) is 0 Å². The van der Waals surface area contributed by atoms with Gasteiger partial charge >= 0.3 is 0 Å². The Morgan fingerprint density at radius 3 is 1.91 bits per heavy atom. The van der Waals surface area contributed by atoms with Gasteiger partial charge in [0.2, 0.25) is 106 Å². The maximum atomic E-state index is 16.1. The van der Waals surface area contributed by atoms with E-state index in [1.807, 2.05) is 13.8 Å². The van der Waals surface area contributed by atoms with Crippen molar-refractivity contribution in [1.29, 1.82) is 0 Å². The second-order valence-corrected chi connectivity index (χ2v) is 40.0. The summed E-state index contributed by atoms with van der Waals surface area (Å²) < 4.78 is 2.31. The van der Waals surface area contributed by atoms with E-state index in [0.29, 0.717) is 79.6 Å². The number of thioether (sulfide) groups is 1. The van der Waals surface area contributed by atoms with E-state index < -0.39 is 247 Å². The lowest BCUT2D eigenvalue weighted by molar-refractivity contribution is -0.149. The average Bonchev–Trinajstić information content (AvgIpc) is 1.66. The molecule has 3 fully saturated rings. The fraction of sp³-hybridized carbons (Fsp3) is 0.515. The van der Waals surface area contributed by atoms with Crippen molar-refractivity contribution in [2.75, 3.05) is 70.7 Å². The zero-order chi connectivity index (χ0) is 105. The first-order valence-electron chi connectivity index (χ1n) is 48.6. The van der Waals surface area contributed by atoms with E-state index in [9.17, 15) is 48.6 Å². The molecule has 3 saturated heterocycles. The first kappa shape index (κ1) is 111. The van der Waals surface area contributed by atoms with Gasteiger partial charge in [-0.15, -0.1) is 11.8 Å². The highest BCUT2D eigenvalue weighted by Gasteiger charge is 2.47. The molecule has 0 spiro atoms. The van der Waals surface area contributed by atoms with Crippen LogP contribution in [-0.4, -0.2) is 317 Å². The van der Waals surface area contributed by atoms with Crippen LogP contribution in [0.4, 0.5) is 5.82 Å². The Balaban J connectivity index is 0.979. The number of unbranched alkanes of at least 4 members (excludes halogenated alkanes) is 2. The second-order valence-electron chi connectivity index (χ2n) is 38.0. The number of aromatic nitrogens is 4. The minimum absolute atomic E-state index is 0.0160. The predicted octanol–water partition coefficient (Wildman–Crippen LogP) is 0.707. The normalized spacial score (nSPS) is 24.6. The third-order valence-corrected chi connectivity index (χ3v) is 27.7. The SMILES string of the molecule is CCCC[C@H]1C(=O)N(C)[C@@H](CCCC)C(=O)N[C@@H](CC(C)C)C(=O)N[C@H](C(=O)NCC(N)=O)CSCC(=O)N[C@@H](Cc2ccc(O)cc2)C(=O)N(C)[C@@H](C)C(=O)N[C@@H](CC(N)=O)C(=O)N2CCC[C@H]2C(=O)N[C@@H](CNc2ncnc3ccc(Br)cc23)C(=O)N[C@@H](CC(C)C)C(=O)N2C[C@H](O)C[C@H]2C(=O)N[C@@H](Cc2c[nH]c3ccccc23)C(=O)N[C@H]2CCNC(=O)Cn3cc(c4ccccc43)C[C@H](NC2=O)C(=O)N1C. The van der Waals surface area contributed by atoms with Gasteiger partial charge in [0.25, 0.3) is 0 Å². The highest BCUT2D eigenvalue weighted by molar-refractivity contribution is 9.10. The molecule has 15 atom stereocenters. The van der Waals surface area contributed by atoms with Gasteiger partial charge < -0.3 is 120 Å². The summed E-state index contributed by atoms with van der Waals surface area (Å²) in [5.41, 5.74) is 14.4. The Hall–Kier alpha value is -13.9. The number of aromatic hydroxyl groups is 1. The summed E-state index contributed by atoms with van der Waals surface area (Å²) in [5.74, 6) is -17.7. The third-order valence-electron chi connectivity index (χ3n) is 26.2. The number of carbonyl (C=O) groups is 18. The first-order chi connectivity index (χ1) is 68.6. The largest absolute Gasteiger partial charge is 0.508 e. The number of hydrogen-bond donors (Lipinski definition) is 17. The molecule has 4 aromatic carbocycles. The molecule has 18 amide bonds. The Labute approximate surface area is 845 Å². The van der Waals surface area contributed by atoms with Crippen LogP contribution >= 0.6 is 27.7 Å². The number of aliphatic hydroxyl groups excluding tert-OH is 1. The number of para-hydroxylation sites is 2. The van der Waals surface area contributed by atoms with E-state index in [-0.39, 0.29) is 101 Å². The number of rotatable bonds is 22. The third kappa shape index (κ3) is 29.2. The minimum Gasteiger partial charge on any atom is -0.508 e. The van der Waals surface area contributed by atoms with E-state index >= 15 is 47.9 Å². The van der Waals surface area contributed by atoms with Crippen LogP contribution in [0.3, 0.4) is 0 Å². The highest BCUT2D eigenvalue weighted by Crippen LogP contribution is 2.31. The van der Waals surface area contributed by atoms with Crippen LogP contribution in [0.5, 0.6) is 5.75 Å². The van der Waals surface area contributed by atoms with Gasteiger partial charge in [0.1, 0.15) is 109 Å². The van der Waals surface area contributed by atoms with Crippen LogP contribution in [0, 0.1) is 11.8 Å². The summed E-state index contributed by atoms with van der Waals surface area (Å²) >= 11 is 4.29. The smallest absolute Gasteiger partial charge is 0.246 e. The van der Waals surface area contributed by atoms with Crippen molar-refractivity contribution in [3.05, 3.63) is 131 Å². The number of likely N-dealkylation sites (N-methyl/N-ethyl adjacent to an activating group) is 3. The van der Waals surface area contributed by atoms with E-state index in [2.05, 4.69) is 94.7 Å². The number of halogens is 1. The summed E-state index contributed by atoms with van der Waals surface area (Å²) in [7, 11) is 4.00. The Morgan fingerprint density at radius 1 is 0.583 bits per heavy atom. The second kappa shape index (κ2) is 51.4. The van der Waals surface area contributed by atoms with E-state index in [0.717, 1.165) is 26.5 Å². The number of primary amides is 2. The van der Waals surface area contributed by atoms with Crippen LogP contribution in [0.1, 0.15) is 149 Å². The summed E-state index contributed by atoms with van der Waals surface area (Å²) in [6.07, 6.45) is 2.50. The van der Waals surface area contributed by atoms with Gasteiger partial charge in [0.05, 0.1) is 30.3 Å². The summed E-state index contributed by atoms with van der Waals surface area (Å²) in [4.78, 5) is 286. The molecule has 4 aliphatic rings. The molecule has 19 N–H and O–H groups in total. The number of nitrogens with one attached hydrogen (secondary N) is 13. The lowest BCUT2D eigenvalue weighted by atomic mass is 9.99. The summed E-state index contributed by atoms with van der Waals surface area (Å²) in [6.45, 7) is 9.77. The maximum absolute atomic E-state index is 16.1. The van der Waals surface area contributed by atoms with Crippen molar-refractivity contribution in [3.8, 4) is 5.75 Å². The molecule has 0 saturated carbocycles. The number of H-pyrrole nitrogens is 1. The quantitative estimate of drug-likeness (QED) is 0.0444. The lowest BCUT2D eigenvalue weighted by Crippen LogP contribution is -2.62. The van der Waals surface area contributed by atoms with Crippen LogP contribution in [-0.2, 0) is 112 Å². The molecule has 0 aliphatic carbocycles. The zero-order valence-electron chi connectivity index (χ0n) is 82.4. The number of fused-ring (bicyclic) bond motifs is 12. The number of benzene rings is 4. The summed E-state index contributed by atoms with van der Waals surface area (Å²) in [6, 6.07) is 3.35. The van der Waals surface area contributed by atoms with Crippen molar-refractivity contribution in [1.82, 2.24) is 103 Å². The average molecular weight is 2080 g/mol. The van der Waals surface area contributed by atoms with Crippen molar-refractivity contribution in [2.24, 2.45) is 23.3 Å². The summed E-state index contributed by atoms with van der Waals surface area (Å²) in [5, 5.41) is 56.9. The number of hydrogen-bond acceptors (Lipinski definition) is 24. The topological polar surface area (TPSA) is 607 Å². The van der Waals surface area contributed by atoms with Crippen LogP contribution < -0.4 is 75.3 Å². The van der Waals surface area contributed by atoms with Crippen LogP contribution in [0.2, 0.25) is 0 Å². The zero-order valence-corrected chi connectivity index (χ0v) is 84.8. The van der Waals surface area contributed by atoms with Gasteiger partial charge in [-0.3, -0.25) is 86.3 Å². The maximum Gasteiger partial charge on any atom is 0.246 e. The molecule has 45 heteroatoms. The fourth-order valence-electron chi connectivity index (χ4n) is 18.4. The number of nitrogens with zero attached hydrogens (tertiary/aromatic N) is 8. The number of carbonyl (C=O) groups excluding carboxylic acids is 18. The van der Waals surface area contributed by atoms with Crippen molar-refractivity contribution in [2.45, 2.75) is 248 Å². The van der Waals surface area contributed by atoms with Crippen molar-refractivity contribution < 1.29 is 96.5 Å². The van der Waals surface area contributed by atoms with Gasteiger partial charge in [-0.1, -0.05) is 132 Å². The monoisotopic (exact) mass is 2070 g/mol. The molecule has 7 heterocycles. The van der Waals surface area contributed by atoms with Gasteiger partial charge in [-0.05, 0) is 123 Å². The van der Waals surface area contributed by atoms with Crippen LogP contribution in [0.25, 0.3) is 32.7 Å². The highest BCUT2D eigenvalue weighted by atomic mass is 79.9. The molecule has 4 aliphatic heterocycles. The molecule has 11 rings (SSSR count). The Bertz CT molecular complexity index is 5880. The van der Waals surface area contributed by atoms with E-state index in [1.54, 1.807) is 111 Å². The molecule has 0 unspecified atom stereocenters. The number of anilines is 1. The van der Waals surface area contributed by atoms with Gasteiger partial charge in [0, 0.05) is 123 Å². The van der Waals surface area contributed by atoms with E-state index in [1.165, 1.54) is 68.5 Å². The minimum atomic E-state index is -1.80. The lowest BCUT2D eigenvalue weighted by Gasteiger charge is -2.36. The number of aliphatic hydroxyl groups is 1. The Kier molecular flexibility index (Phi) is 39.4.